The molecule has 1 aliphatic rings. The van der Waals surface area contributed by atoms with Crippen molar-refractivity contribution < 1.29 is 0 Å². The first-order valence-electron chi connectivity index (χ1n) is 7.54. The van der Waals surface area contributed by atoms with Crippen LogP contribution in [0.25, 0.3) is 0 Å². The summed E-state index contributed by atoms with van der Waals surface area (Å²) >= 11 is 0. The van der Waals surface area contributed by atoms with Crippen LogP contribution in [0.15, 0.2) is 18.5 Å². The Hall–Kier alpha value is -1.62. The zero-order chi connectivity index (χ0) is 13.9. The lowest BCUT2D eigenvalue weighted by Crippen LogP contribution is -2.26. The van der Waals surface area contributed by atoms with Crippen molar-refractivity contribution in [2.45, 2.75) is 51.7 Å². The van der Waals surface area contributed by atoms with Crippen LogP contribution in [0.2, 0.25) is 0 Å². The normalized spacial score (nSPS) is 18.2. The van der Waals surface area contributed by atoms with Gasteiger partial charge in [0, 0.05) is 43.6 Å². The summed E-state index contributed by atoms with van der Waals surface area (Å²) in [5.41, 5.74) is 4.03. The molecule has 0 radical (unpaired) electrons. The van der Waals surface area contributed by atoms with E-state index in [0.29, 0.717) is 6.04 Å². The van der Waals surface area contributed by atoms with Crippen LogP contribution in [-0.2, 0) is 26.6 Å². The average molecular weight is 273 g/mol. The van der Waals surface area contributed by atoms with Crippen LogP contribution in [0.1, 0.15) is 49.2 Å². The number of aromatic nitrogens is 4. The molecular formula is C15H23N5. The Morgan fingerprint density at radius 2 is 2.30 bits per heavy atom. The molecule has 1 aliphatic carbocycles. The fourth-order valence-electron chi connectivity index (χ4n) is 3.07. The zero-order valence-electron chi connectivity index (χ0n) is 12.3. The SMILES string of the molecule is CCCn1nccc1CNC1CCCc2c1cnn2C. The Morgan fingerprint density at radius 3 is 3.15 bits per heavy atom. The summed E-state index contributed by atoms with van der Waals surface area (Å²) in [4.78, 5) is 0. The van der Waals surface area contributed by atoms with Crippen molar-refractivity contribution in [1.82, 2.24) is 24.9 Å². The monoisotopic (exact) mass is 273 g/mol. The van der Waals surface area contributed by atoms with Crippen molar-refractivity contribution in [3.8, 4) is 0 Å². The number of hydrogen-bond donors (Lipinski definition) is 1. The second-order valence-electron chi connectivity index (χ2n) is 5.54. The summed E-state index contributed by atoms with van der Waals surface area (Å²) < 4.78 is 4.12. The van der Waals surface area contributed by atoms with Gasteiger partial charge in [-0.05, 0) is 31.7 Å². The Bertz CT molecular complexity index is 569. The molecule has 5 heteroatoms. The van der Waals surface area contributed by atoms with Gasteiger partial charge in [-0.25, -0.2) is 0 Å². The molecule has 0 spiro atoms. The number of aryl methyl sites for hydroxylation is 2. The molecule has 0 bridgehead atoms. The van der Waals surface area contributed by atoms with Gasteiger partial charge in [0.25, 0.3) is 0 Å². The molecule has 20 heavy (non-hydrogen) atoms. The fraction of sp³-hybridized carbons (Fsp3) is 0.600. The average Bonchev–Trinajstić information content (AvgIpc) is 3.05. The Morgan fingerprint density at radius 1 is 1.40 bits per heavy atom. The smallest absolute Gasteiger partial charge is 0.0540 e. The number of hydrogen-bond acceptors (Lipinski definition) is 3. The first-order chi connectivity index (χ1) is 9.79. The van der Waals surface area contributed by atoms with E-state index >= 15 is 0 Å². The highest BCUT2D eigenvalue weighted by atomic mass is 15.3. The second kappa shape index (κ2) is 5.79. The zero-order valence-corrected chi connectivity index (χ0v) is 12.3. The maximum absolute atomic E-state index is 4.40. The third-order valence-corrected chi connectivity index (χ3v) is 4.15. The molecule has 0 aromatic carbocycles. The highest BCUT2D eigenvalue weighted by Gasteiger charge is 2.23. The van der Waals surface area contributed by atoms with E-state index in [2.05, 4.69) is 33.2 Å². The van der Waals surface area contributed by atoms with E-state index in [9.17, 15) is 0 Å². The highest BCUT2D eigenvalue weighted by molar-refractivity contribution is 5.24. The lowest BCUT2D eigenvalue weighted by atomic mass is 9.93. The van der Waals surface area contributed by atoms with Crippen molar-refractivity contribution >= 4 is 0 Å². The van der Waals surface area contributed by atoms with Gasteiger partial charge in [0.05, 0.1) is 11.9 Å². The van der Waals surface area contributed by atoms with Gasteiger partial charge in [-0.3, -0.25) is 9.36 Å². The maximum atomic E-state index is 4.40. The third-order valence-electron chi connectivity index (χ3n) is 4.15. The van der Waals surface area contributed by atoms with E-state index in [0.717, 1.165) is 25.9 Å². The molecule has 0 aliphatic heterocycles. The van der Waals surface area contributed by atoms with Crippen LogP contribution < -0.4 is 5.32 Å². The van der Waals surface area contributed by atoms with Crippen LogP contribution in [0.4, 0.5) is 0 Å². The lowest BCUT2D eigenvalue weighted by molar-refractivity contribution is 0.438. The van der Waals surface area contributed by atoms with Crippen molar-refractivity contribution in [3.63, 3.8) is 0 Å². The van der Waals surface area contributed by atoms with Crippen LogP contribution in [0, 0.1) is 0 Å². The van der Waals surface area contributed by atoms with Crippen molar-refractivity contribution in [1.29, 1.82) is 0 Å². The molecule has 0 saturated carbocycles. The van der Waals surface area contributed by atoms with Crippen LogP contribution in [-0.4, -0.2) is 19.6 Å². The number of nitrogens with zero attached hydrogens (tertiary/aromatic N) is 4. The van der Waals surface area contributed by atoms with Gasteiger partial charge in [-0.15, -0.1) is 0 Å². The highest BCUT2D eigenvalue weighted by Crippen LogP contribution is 2.29. The van der Waals surface area contributed by atoms with E-state index in [1.54, 1.807) is 0 Å². The summed E-state index contributed by atoms with van der Waals surface area (Å²) in [5.74, 6) is 0. The minimum atomic E-state index is 0.428. The molecule has 108 valence electrons. The summed E-state index contributed by atoms with van der Waals surface area (Å²) in [6.07, 6.45) is 8.61. The fourth-order valence-corrected chi connectivity index (χ4v) is 3.07. The first kappa shape index (κ1) is 13.4. The molecule has 0 fully saturated rings. The van der Waals surface area contributed by atoms with Gasteiger partial charge in [-0.1, -0.05) is 6.92 Å². The summed E-state index contributed by atoms with van der Waals surface area (Å²) in [7, 11) is 2.04. The van der Waals surface area contributed by atoms with Crippen LogP contribution in [0.3, 0.4) is 0 Å². The van der Waals surface area contributed by atoms with E-state index in [4.69, 9.17) is 0 Å². The van der Waals surface area contributed by atoms with Crippen molar-refractivity contribution in [2.24, 2.45) is 7.05 Å². The van der Waals surface area contributed by atoms with Gasteiger partial charge >= 0.3 is 0 Å². The van der Waals surface area contributed by atoms with Gasteiger partial charge in [0.1, 0.15) is 0 Å². The molecule has 2 aromatic rings. The molecule has 0 saturated heterocycles. The van der Waals surface area contributed by atoms with Crippen molar-refractivity contribution in [2.75, 3.05) is 0 Å². The predicted octanol–water partition coefficient (Wildman–Crippen LogP) is 2.19. The molecule has 1 unspecified atom stereocenters. The largest absolute Gasteiger partial charge is 0.304 e. The second-order valence-corrected chi connectivity index (χ2v) is 5.54. The molecule has 2 heterocycles. The quantitative estimate of drug-likeness (QED) is 0.908. The topological polar surface area (TPSA) is 47.7 Å². The minimum Gasteiger partial charge on any atom is -0.304 e. The van der Waals surface area contributed by atoms with Gasteiger partial charge in [-0.2, -0.15) is 10.2 Å². The van der Waals surface area contributed by atoms with Gasteiger partial charge < -0.3 is 5.32 Å². The molecule has 0 amide bonds. The minimum absolute atomic E-state index is 0.428. The Kier molecular flexibility index (Phi) is 3.87. The van der Waals surface area contributed by atoms with E-state index in [1.807, 2.05) is 24.1 Å². The van der Waals surface area contributed by atoms with Crippen molar-refractivity contribution in [3.05, 3.63) is 35.4 Å². The molecule has 3 rings (SSSR count). The summed E-state index contributed by atoms with van der Waals surface area (Å²) in [6.45, 7) is 4.05. The lowest BCUT2D eigenvalue weighted by Gasteiger charge is -2.24. The maximum Gasteiger partial charge on any atom is 0.0540 e. The number of rotatable bonds is 5. The summed E-state index contributed by atoms with van der Waals surface area (Å²) in [5, 5.41) is 12.5. The standard InChI is InChI=1S/C15H23N5/c1-3-9-20-12(7-8-17-20)10-16-14-5-4-6-15-13(14)11-18-19(15)2/h7-8,11,14,16H,3-6,9-10H2,1-2H3. The molecule has 1 N–H and O–H groups in total. The molecular weight excluding hydrogens is 250 g/mol. The van der Waals surface area contributed by atoms with E-state index < -0.39 is 0 Å². The Balaban J connectivity index is 1.68. The summed E-state index contributed by atoms with van der Waals surface area (Å²) in [6, 6.07) is 2.53. The Labute approximate surface area is 120 Å². The molecule has 1 atom stereocenters. The van der Waals surface area contributed by atoms with Crippen LogP contribution >= 0.6 is 0 Å². The predicted molar refractivity (Wildman–Crippen MR) is 78.2 cm³/mol. The van der Waals surface area contributed by atoms with Gasteiger partial charge in [0.15, 0.2) is 0 Å². The number of nitrogens with one attached hydrogen (secondary N) is 1. The molecule has 2 aromatic heterocycles. The molecule has 5 nitrogen and oxygen atoms in total. The van der Waals surface area contributed by atoms with Gasteiger partial charge in [0.2, 0.25) is 0 Å². The first-order valence-corrected chi connectivity index (χ1v) is 7.54. The van der Waals surface area contributed by atoms with Crippen LogP contribution in [0.5, 0.6) is 0 Å². The van der Waals surface area contributed by atoms with E-state index in [1.165, 1.54) is 29.8 Å². The number of fused-ring (bicyclic) bond motifs is 1. The third kappa shape index (κ3) is 2.50. The van der Waals surface area contributed by atoms with E-state index in [-0.39, 0.29) is 0 Å².